The van der Waals surface area contributed by atoms with Gasteiger partial charge >= 0.3 is 12.1 Å². The Morgan fingerprint density at radius 1 is 1.37 bits per heavy atom. The summed E-state index contributed by atoms with van der Waals surface area (Å²) in [4.78, 5) is 21.4. The molecule has 104 valence electrons. The SMILES string of the molecule is CCOC(=O)CCc1ccc(N=O)cc1C(F)(F)F. The molecule has 0 spiro atoms. The molecule has 7 heteroatoms. The molecule has 0 radical (unpaired) electrons. The van der Waals surface area contributed by atoms with E-state index in [0.29, 0.717) is 6.07 Å². The second kappa shape index (κ2) is 6.31. The Morgan fingerprint density at radius 2 is 2.05 bits per heavy atom. The Balaban J connectivity index is 2.94. The number of carbonyl (C=O) groups excluding carboxylic acids is 1. The lowest BCUT2D eigenvalue weighted by molar-refractivity contribution is -0.144. The number of esters is 1. The second-order valence-electron chi connectivity index (χ2n) is 3.74. The molecular weight excluding hydrogens is 263 g/mol. The first kappa shape index (κ1) is 15.1. The molecule has 0 aliphatic rings. The summed E-state index contributed by atoms with van der Waals surface area (Å²) in [6, 6.07) is 3.01. The predicted octanol–water partition coefficient (Wildman–Crippen LogP) is 3.60. The van der Waals surface area contributed by atoms with E-state index in [2.05, 4.69) is 9.91 Å². The normalized spacial score (nSPS) is 11.2. The molecule has 0 aromatic heterocycles. The van der Waals surface area contributed by atoms with Crippen molar-refractivity contribution in [1.82, 2.24) is 0 Å². The lowest BCUT2D eigenvalue weighted by Gasteiger charge is -2.12. The van der Waals surface area contributed by atoms with Crippen molar-refractivity contribution < 1.29 is 22.7 Å². The fourth-order valence-corrected chi connectivity index (χ4v) is 1.57. The first-order chi connectivity index (χ1) is 8.88. The van der Waals surface area contributed by atoms with E-state index in [-0.39, 0.29) is 30.7 Å². The standard InChI is InChI=1S/C12H12F3NO3/c1-2-19-11(17)6-4-8-3-5-9(16-18)7-10(8)12(13,14)15/h3,5,7H,2,4,6H2,1H3. The number of hydrogen-bond donors (Lipinski definition) is 0. The van der Waals surface area contributed by atoms with E-state index in [9.17, 15) is 22.9 Å². The average molecular weight is 275 g/mol. The highest BCUT2D eigenvalue weighted by atomic mass is 19.4. The molecular formula is C12H12F3NO3. The van der Waals surface area contributed by atoms with Crippen LogP contribution < -0.4 is 0 Å². The Labute approximate surface area is 107 Å². The average Bonchev–Trinajstić information content (AvgIpc) is 2.35. The largest absolute Gasteiger partial charge is 0.466 e. The molecule has 0 heterocycles. The van der Waals surface area contributed by atoms with Gasteiger partial charge < -0.3 is 4.74 Å². The van der Waals surface area contributed by atoms with Crippen molar-refractivity contribution in [3.8, 4) is 0 Å². The topological polar surface area (TPSA) is 55.7 Å². The quantitative estimate of drug-likeness (QED) is 0.609. The molecule has 0 fully saturated rings. The Kier molecular flexibility index (Phi) is 5.02. The van der Waals surface area contributed by atoms with Crippen LogP contribution in [0, 0.1) is 4.91 Å². The van der Waals surface area contributed by atoms with Gasteiger partial charge in [0.25, 0.3) is 0 Å². The number of ether oxygens (including phenoxy) is 1. The van der Waals surface area contributed by atoms with E-state index in [1.807, 2.05) is 0 Å². The van der Waals surface area contributed by atoms with Crippen molar-refractivity contribution in [2.45, 2.75) is 25.9 Å². The third-order valence-electron chi connectivity index (χ3n) is 2.41. The number of rotatable bonds is 5. The van der Waals surface area contributed by atoms with Crippen LogP contribution >= 0.6 is 0 Å². The van der Waals surface area contributed by atoms with Crippen LogP contribution in [0.4, 0.5) is 18.9 Å². The van der Waals surface area contributed by atoms with Crippen molar-refractivity contribution in [2.24, 2.45) is 5.18 Å². The van der Waals surface area contributed by atoms with Crippen molar-refractivity contribution in [1.29, 1.82) is 0 Å². The van der Waals surface area contributed by atoms with Gasteiger partial charge in [0, 0.05) is 6.42 Å². The third-order valence-corrected chi connectivity index (χ3v) is 2.41. The number of aryl methyl sites for hydroxylation is 1. The van der Waals surface area contributed by atoms with E-state index in [4.69, 9.17) is 0 Å². The number of nitroso groups, excluding NO2 is 1. The number of benzene rings is 1. The molecule has 4 nitrogen and oxygen atoms in total. The highest BCUT2D eigenvalue weighted by Gasteiger charge is 2.33. The van der Waals surface area contributed by atoms with Gasteiger partial charge in [-0.15, -0.1) is 4.91 Å². The Bertz CT molecular complexity index is 472. The predicted molar refractivity (Wildman–Crippen MR) is 61.9 cm³/mol. The van der Waals surface area contributed by atoms with Crippen LogP contribution in [0.25, 0.3) is 0 Å². The molecule has 0 aliphatic heterocycles. The molecule has 1 aromatic carbocycles. The van der Waals surface area contributed by atoms with Gasteiger partial charge in [-0.2, -0.15) is 13.2 Å². The van der Waals surface area contributed by atoms with E-state index in [0.717, 1.165) is 6.07 Å². The Morgan fingerprint density at radius 3 is 2.58 bits per heavy atom. The molecule has 0 bridgehead atoms. The highest BCUT2D eigenvalue weighted by Crippen LogP contribution is 2.35. The van der Waals surface area contributed by atoms with E-state index < -0.39 is 17.7 Å². The van der Waals surface area contributed by atoms with Crippen molar-refractivity contribution in [3.63, 3.8) is 0 Å². The molecule has 19 heavy (non-hydrogen) atoms. The van der Waals surface area contributed by atoms with E-state index in [1.165, 1.54) is 6.07 Å². The summed E-state index contributed by atoms with van der Waals surface area (Å²) in [6.07, 6.45) is -4.84. The monoisotopic (exact) mass is 275 g/mol. The highest BCUT2D eigenvalue weighted by molar-refractivity contribution is 5.69. The lowest BCUT2D eigenvalue weighted by Crippen LogP contribution is -2.11. The maximum atomic E-state index is 12.8. The van der Waals surface area contributed by atoms with Gasteiger partial charge in [0.2, 0.25) is 0 Å². The van der Waals surface area contributed by atoms with Crippen LogP contribution in [-0.4, -0.2) is 12.6 Å². The zero-order valence-corrected chi connectivity index (χ0v) is 10.2. The number of hydrogen-bond acceptors (Lipinski definition) is 4. The zero-order chi connectivity index (χ0) is 14.5. The number of alkyl halides is 3. The molecule has 0 saturated carbocycles. The molecule has 0 N–H and O–H groups in total. The maximum absolute atomic E-state index is 12.8. The fourth-order valence-electron chi connectivity index (χ4n) is 1.57. The first-order valence-electron chi connectivity index (χ1n) is 5.57. The van der Waals surface area contributed by atoms with Crippen LogP contribution in [-0.2, 0) is 22.1 Å². The van der Waals surface area contributed by atoms with Gasteiger partial charge in [0.15, 0.2) is 0 Å². The van der Waals surface area contributed by atoms with E-state index in [1.54, 1.807) is 6.92 Å². The summed E-state index contributed by atoms with van der Waals surface area (Å²) < 4.78 is 43.0. The van der Waals surface area contributed by atoms with Crippen molar-refractivity contribution in [3.05, 3.63) is 34.2 Å². The zero-order valence-electron chi connectivity index (χ0n) is 10.2. The molecule has 0 atom stereocenters. The lowest BCUT2D eigenvalue weighted by atomic mass is 10.0. The summed E-state index contributed by atoms with van der Waals surface area (Å²) in [5.41, 5.74) is -1.31. The van der Waals surface area contributed by atoms with Gasteiger partial charge in [0.05, 0.1) is 12.2 Å². The molecule has 0 aliphatic carbocycles. The Hall–Kier alpha value is -1.92. The van der Waals surface area contributed by atoms with Crippen LogP contribution in [0.1, 0.15) is 24.5 Å². The van der Waals surface area contributed by atoms with E-state index >= 15 is 0 Å². The first-order valence-corrected chi connectivity index (χ1v) is 5.57. The second-order valence-corrected chi connectivity index (χ2v) is 3.74. The molecule has 0 saturated heterocycles. The van der Waals surface area contributed by atoms with Gasteiger partial charge in [-0.1, -0.05) is 6.07 Å². The summed E-state index contributed by atoms with van der Waals surface area (Å²) in [5, 5.41) is 2.47. The van der Waals surface area contributed by atoms with Crippen LogP contribution in [0.2, 0.25) is 0 Å². The number of nitrogens with zero attached hydrogens (tertiary/aromatic N) is 1. The summed E-state index contributed by atoms with van der Waals surface area (Å²) >= 11 is 0. The number of carbonyl (C=O) groups is 1. The van der Waals surface area contributed by atoms with Crippen molar-refractivity contribution in [2.75, 3.05) is 6.61 Å². The number of halogens is 3. The smallest absolute Gasteiger partial charge is 0.416 e. The molecule has 0 unspecified atom stereocenters. The fraction of sp³-hybridized carbons (Fsp3) is 0.417. The molecule has 1 rings (SSSR count). The van der Waals surface area contributed by atoms with Gasteiger partial charge in [0.1, 0.15) is 5.69 Å². The maximum Gasteiger partial charge on any atom is 0.416 e. The minimum atomic E-state index is -4.59. The van der Waals surface area contributed by atoms with Crippen LogP contribution in [0.15, 0.2) is 23.4 Å². The van der Waals surface area contributed by atoms with Gasteiger partial charge in [-0.3, -0.25) is 4.79 Å². The summed E-state index contributed by atoms with van der Waals surface area (Å²) in [7, 11) is 0. The van der Waals surface area contributed by atoms with Crippen molar-refractivity contribution >= 4 is 11.7 Å². The van der Waals surface area contributed by atoms with Crippen LogP contribution in [0.3, 0.4) is 0 Å². The minimum absolute atomic E-state index is 0.0621. The van der Waals surface area contributed by atoms with Crippen LogP contribution in [0.5, 0.6) is 0 Å². The minimum Gasteiger partial charge on any atom is -0.466 e. The summed E-state index contributed by atoms with van der Waals surface area (Å²) in [5.74, 6) is -0.562. The molecule has 0 amide bonds. The third kappa shape index (κ3) is 4.35. The molecule has 1 aromatic rings. The summed E-state index contributed by atoms with van der Waals surface area (Å²) in [6.45, 7) is 1.79. The van der Waals surface area contributed by atoms with Gasteiger partial charge in [-0.05, 0) is 36.2 Å². The van der Waals surface area contributed by atoms with Gasteiger partial charge in [-0.25, -0.2) is 0 Å².